The third-order valence-corrected chi connectivity index (χ3v) is 3.45. The maximum atomic E-state index is 11.8. The summed E-state index contributed by atoms with van der Waals surface area (Å²) in [5.74, 6) is -1.13. The number of carboxylic acids is 1. The molecular weight excluding hydrogens is 260 g/mol. The van der Waals surface area contributed by atoms with Crippen molar-refractivity contribution in [3.63, 3.8) is 0 Å². The topological polar surface area (TPSA) is 98.7 Å². The average Bonchev–Trinajstić information content (AvgIpc) is 2.89. The molecule has 1 heterocycles. The van der Waals surface area contributed by atoms with Crippen molar-refractivity contribution in [1.29, 1.82) is 0 Å². The number of aromatic carboxylic acids is 1. The highest BCUT2D eigenvalue weighted by Crippen LogP contribution is 2.22. The van der Waals surface area contributed by atoms with Gasteiger partial charge in [0.25, 0.3) is 0 Å². The molecule has 1 atom stereocenters. The molecule has 1 fully saturated rings. The molecule has 0 spiro atoms. The number of benzene rings is 1. The van der Waals surface area contributed by atoms with Gasteiger partial charge in [-0.3, -0.25) is 4.79 Å². The van der Waals surface area contributed by atoms with Crippen molar-refractivity contribution in [3.8, 4) is 5.75 Å². The Hall–Kier alpha value is -2.08. The van der Waals surface area contributed by atoms with Gasteiger partial charge in [-0.15, -0.1) is 0 Å². The highest BCUT2D eigenvalue weighted by molar-refractivity contribution is 5.94. The van der Waals surface area contributed by atoms with E-state index in [4.69, 9.17) is 5.11 Å². The number of hydrogen-bond donors (Lipinski definition) is 4. The maximum absolute atomic E-state index is 11.8. The van der Waals surface area contributed by atoms with E-state index in [1.807, 2.05) is 0 Å². The standard InChI is InChI=1S/C14H18N2O4/c17-12-7-10(2-3-11(12)14(19)20)16-13(18)4-1-9-5-6-15-8-9/h2-3,7,9,15,17H,1,4-6,8H2,(H,16,18)(H,19,20). The van der Waals surface area contributed by atoms with Crippen LogP contribution in [-0.2, 0) is 4.79 Å². The Morgan fingerprint density at radius 1 is 1.40 bits per heavy atom. The number of carbonyl (C=O) groups excluding carboxylic acids is 1. The first-order valence-electron chi connectivity index (χ1n) is 6.63. The second-order valence-corrected chi connectivity index (χ2v) is 4.98. The summed E-state index contributed by atoms with van der Waals surface area (Å²) in [7, 11) is 0. The maximum Gasteiger partial charge on any atom is 0.339 e. The minimum atomic E-state index is -1.20. The monoisotopic (exact) mass is 278 g/mol. The number of amides is 1. The molecule has 1 aliphatic rings. The number of carbonyl (C=O) groups is 2. The van der Waals surface area contributed by atoms with Crippen LogP contribution in [0.2, 0.25) is 0 Å². The number of nitrogens with one attached hydrogen (secondary N) is 2. The lowest BCUT2D eigenvalue weighted by atomic mass is 10.0. The van der Waals surface area contributed by atoms with E-state index in [-0.39, 0.29) is 17.2 Å². The summed E-state index contributed by atoms with van der Waals surface area (Å²) in [4.78, 5) is 22.5. The van der Waals surface area contributed by atoms with Crippen LogP contribution in [0.25, 0.3) is 0 Å². The summed E-state index contributed by atoms with van der Waals surface area (Å²) in [6.45, 7) is 1.97. The third-order valence-electron chi connectivity index (χ3n) is 3.45. The van der Waals surface area contributed by atoms with Crippen molar-refractivity contribution in [2.75, 3.05) is 18.4 Å². The highest BCUT2D eigenvalue weighted by atomic mass is 16.4. The van der Waals surface area contributed by atoms with Crippen LogP contribution in [0.3, 0.4) is 0 Å². The number of aromatic hydroxyl groups is 1. The van der Waals surface area contributed by atoms with Crippen LogP contribution < -0.4 is 10.6 Å². The Kier molecular flexibility index (Phi) is 4.57. The smallest absolute Gasteiger partial charge is 0.339 e. The Morgan fingerprint density at radius 3 is 2.80 bits per heavy atom. The summed E-state index contributed by atoms with van der Waals surface area (Å²) in [5, 5.41) is 24.2. The molecule has 0 bridgehead atoms. The van der Waals surface area contributed by atoms with Crippen molar-refractivity contribution >= 4 is 17.6 Å². The number of phenols is 1. The van der Waals surface area contributed by atoms with Gasteiger partial charge in [0.2, 0.25) is 5.91 Å². The SMILES string of the molecule is O=C(CCC1CCNC1)Nc1ccc(C(=O)O)c(O)c1. The first-order chi connectivity index (χ1) is 9.56. The number of anilines is 1. The Labute approximate surface area is 116 Å². The molecule has 2 rings (SSSR count). The van der Waals surface area contributed by atoms with Crippen molar-refractivity contribution in [2.45, 2.75) is 19.3 Å². The van der Waals surface area contributed by atoms with E-state index in [0.717, 1.165) is 25.9 Å². The van der Waals surface area contributed by atoms with Crippen LogP contribution in [0.5, 0.6) is 5.75 Å². The van der Waals surface area contributed by atoms with Gasteiger partial charge in [0.15, 0.2) is 0 Å². The van der Waals surface area contributed by atoms with Crippen LogP contribution in [-0.4, -0.2) is 35.2 Å². The molecule has 0 aromatic heterocycles. The summed E-state index contributed by atoms with van der Waals surface area (Å²) in [5.41, 5.74) is 0.224. The molecule has 108 valence electrons. The fourth-order valence-corrected chi connectivity index (χ4v) is 2.31. The largest absolute Gasteiger partial charge is 0.507 e. The molecule has 0 radical (unpaired) electrons. The lowest BCUT2D eigenvalue weighted by Crippen LogP contribution is -2.15. The zero-order chi connectivity index (χ0) is 14.5. The fraction of sp³-hybridized carbons (Fsp3) is 0.429. The second kappa shape index (κ2) is 6.38. The van der Waals surface area contributed by atoms with Gasteiger partial charge in [0.1, 0.15) is 11.3 Å². The Morgan fingerprint density at radius 2 is 2.20 bits per heavy atom. The minimum Gasteiger partial charge on any atom is -0.507 e. The normalized spacial score (nSPS) is 17.9. The summed E-state index contributed by atoms with van der Waals surface area (Å²) >= 11 is 0. The third kappa shape index (κ3) is 3.71. The first kappa shape index (κ1) is 14.3. The van der Waals surface area contributed by atoms with Gasteiger partial charge in [-0.25, -0.2) is 4.79 Å². The molecule has 20 heavy (non-hydrogen) atoms. The second-order valence-electron chi connectivity index (χ2n) is 4.98. The molecular formula is C14H18N2O4. The molecule has 1 saturated heterocycles. The van der Waals surface area contributed by atoms with E-state index in [1.165, 1.54) is 18.2 Å². The van der Waals surface area contributed by atoms with E-state index in [2.05, 4.69) is 10.6 Å². The van der Waals surface area contributed by atoms with Gasteiger partial charge in [0, 0.05) is 18.2 Å². The minimum absolute atomic E-state index is 0.126. The van der Waals surface area contributed by atoms with Crippen LogP contribution in [0.1, 0.15) is 29.6 Å². The van der Waals surface area contributed by atoms with E-state index >= 15 is 0 Å². The molecule has 1 aromatic rings. The molecule has 6 heteroatoms. The number of carboxylic acid groups (broad SMARTS) is 1. The van der Waals surface area contributed by atoms with Gasteiger partial charge in [-0.05, 0) is 44.0 Å². The Bertz CT molecular complexity index is 510. The number of rotatable bonds is 5. The summed E-state index contributed by atoms with van der Waals surface area (Å²) in [6.07, 6.45) is 2.35. The zero-order valence-corrected chi connectivity index (χ0v) is 11.1. The fourth-order valence-electron chi connectivity index (χ4n) is 2.31. The van der Waals surface area contributed by atoms with Crippen molar-refractivity contribution in [1.82, 2.24) is 5.32 Å². The molecule has 1 aromatic carbocycles. The van der Waals surface area contributed by atoms with Crippen LogP contribution >= 0.6 is 0 Å². The highest BCUT2D eigenvalue weighted by Gasteiger charge is 2.16. The van der Waals surface area contributed by atoms with E-state index < -0.39 is 5.97 Å². The predicted molar refractivity (Wildman–Crippen MR) is 73.9 cm³/mol. The molecule has 6 nitrogen and oxygen atoms in total. The number of hydrogen-bond acceptors (Lipinski definition) is 4. The van der Waals surface area contributed by atoms with Gasteiger partial charge in [-0.2, -0.15) is 0 Å². The molecule has 1 unspecified atom stereocenters. The summed E-state index contributed by atoms with van der Waals surface area (Å²) in [6, 6.07) is 3.99. The molecule has 0 aliphatic carbocycles. The Balaban J connectivity index is 1.87. The quantitative estimate of drug-likeness (QED) is 0.653. The summed E-state index contributed by atoms with van der Waals surface area (Å²) < 4.78 is 0. The van der Waals surface area contributed by atoms with E-state index in [0.29, 0.717) is 18.0 Å². The molecule has 1 aliphatic heterocycles. The zero-order valence-electron chi connectivity index (χ0n) is 11.1. The lowest BCUT2D eigenvalue weighted by Gasteiger charge is -2.09. The van der Waals surface area contributed by atoms with Gasteiger partial charge in [-0.1, -0.05) is 0 Å². The van der Waals surface area contributed by atoms with Gasteiger partial charge < -0.3 is 20.8 Å². The van der Waals surface area contributed by atoms with Gasteiger partial charge >= 0.3 is 5.97 Å². The van der Waals surface area contributed by atoms with Crippen LogP contribution in [0.4, 0.5) is 5.69 Å². The van der Waals surface area contributed by atoms with Crippen LogP contribution in [0, 0.1) is 5.92 Å². The van der Waals surface area contributed by atoms with Crippen LogP contribution in [0.15, 0.2) is 18.2 Å². The molecule has 4 N–H and O–H groups in total. The van der Waals surface area contributed by atoms with E-state index in [9.17, 15) is 14.7 Å². The first-order valence-corrected chi connectivity index (χ1v) is 6.63. The van der Waals surface area contributed by atoms with E-state index in [1.54, 1.807) is 0 Å². The van der Waals surface area contributed by atoms with Crippen molar-refractivity contribution < 1.29 is 19.8 Å². The van der Waals surface area contributed by atoms with Crippen molar-refractivity contribution in [2.24, 2.45) is 5.92 Å². The molecule has 0 saturated carbocycles. The lowest BCUT2D eigenvalue weighted by molar-refractivity contribution is -0.116. The van der Waals surface area contributed by atoms with Crippen molar-refractivity contribution in [3.05, 3.63) is 23.8 Å². The predicted octanol–water partition coefficient (Wildman–Crippen LogP) is 1.42. The average molecular weight is 278 g/mol. The molecule has 1 amide bonds. The van der Waals surface area contributed by atoms with Gasteiger partial charge in [0.05, 0.1) is 0 Å².